The number of rotatable bonds is 6. The first-order chi connectivity index (χ1) is 14.3. The SMILES string of the molecule is CC(C)CN1C[C@H](C(=O)N2CCC[C@H]2c2nc3ccccc3n2CC(C)C)CC1=O. The molecule has 2 aliphatic rings. The second kappa shape index (κ2) is 8.40. The molecule has 3 heterocycles. The largest absolute Gasteiger partial charge is 0.342 e. The Morgan fingerprint density at radius 2 is 1.87 bits per heavy atom. The zero-order valence-electron chi connectivity index (χ0n) is 18.7. The van der Waals surface area contributed by atoms with Crippen LogP contribution in [0.15, 0.2) is 24.3 Å². The number of carbonyl (C=O) groups excluding carboxylic acids is 2. The molecule has 4 rings (SSSR count). The summed E-state index contributed by atoms with van der Waals surface area (Å²) in [6.07, 6.45) is 2.26. The van der Waals surface area contributed by atoms with Gasteiger partial charge in [0, 0.05) is 32.6 Å². The normalized spacial score (nSPS) is 22.3. The molecule has 0 N–H and O–H groups in total. The number of hydrogen-bond donors (Lipinski definition) is 0. The predicted octanol–water partition coefficient (Wildman–Crippen LogP) is 3.86. The molecule has 0 aliphatic carbocycles. The van der Waals surface area contributed by atoms with Crippen LogP contribution in [0.4, 0.5) is 0 Å². The van der Waals surface area contributed by atoms with E-state index in [1.54, 1.807) is 0 Å². The second-order valence-electron chi connectivity index (χ2n) is 9.75. The Balaban J connectivity index is 1.60. The quantitative estimate of drug-likeness (QED) is 0.727. The van der Waals surface area contributed by atoms with Gasteiger partial charge in [-0.1, -0.05) is 39.8 Å². The molecule has 0 radical (unpaired) electrons. The molecule has 0 saturated carbocycles. The van der Waals surface area contributed by atoms with E-state index in [0.29, 0.717) is 24.8 Å². The highest BCUT2D eigenvalue weighted by Gasteiger charge is 2.41. The third kappa shape index (κ3) is 3.96. The van der Waals surface area contributed by atoms with Crippen molar-refractivity contribution in [2.24, 2.45) is 17.8 Å². The van der Waals surface area contributed by atoms with Gasteiger partial charge in [0.15, 0.2) is 0 Å². The van der Waals surface area contributed by atoms with E-state index in [2.05, 4.69) is 50.5 Å². The van der Waals surface area contributed by atoms with Crippen molar-refractivity contribution in [1.29, 1.82) is 0 Å². The zero-order valence-corrected chi connectivity index (χ0v) is 18.7. The van der Waals surface area contributed by atoms with Gasteiger partial charge in [-0.15, -0.1) is 0 Å². The summed E-state index contributed by atoms with van der Waals surface area (Å²) >= 11 is 0. The van der Waals surface area contributed by atoms with Crippen LogP contribution in [0.25, 0.3) is 11.0 Å². The fourth-order valence-electron chi connectivity index (χ4n) is 4.99. The van der Waals surface area contributed by atoms with Gasteiger partial charge in [0.05, 0.1) is 23.0 Å². The third-order valence-corrected chi connectivity index (χ3v) is 6.21. The lowest BCUT2D eigenvalue weighted by Crippen LogP contribution is -2.38. The smallest absolute Gasteiger partial charge is 0.228 e. The number of imidazole rings is 1. The van der Waals surface area contributed by atoms with E-state index in [0.717, 1.165) is 49.3 Å². The van der Waals surface area contributed by atoms with Crippen molar-refractivity contribution in [3.63, 3.8) is 0 Å². The van der Waals surface area contributed by atoms with Gasteiger partial charge in [-0.3, -0.25) is 9.59 Å². The molecule has 1 aromatic carbocycles. The summed E-state index contributed by atoms with van der Waals surface area (Å²) in [6, 6.07) is 8.24. The Morgan fingerprint density at radius 1 is 1.13 bits per heavy atom. The van der Waals surface area contributed by atoms with Crippen LogP contribution in [0.5, 0.6) is 0 Å². The van der Waals surface area contributed by atoms with E-state index in [1.807, 2.05) is 15.9 Å². The minimum absolute atomic E-state index is 0.00194. The van der Waals surface area contributed by atoms with Gasteiger partial charge >= 0.3 is 0 Å². The maximum Gasteiger partial charge on any atom is 0.228 e. The fraction of sp³-hybridized carbons (Fsp3) is 0.625. The summed E-state index contributed by atoms with van der Waals surface area (Å²) in [5.41, 5.74) is 2.13. The number of likely N-dealkylation sites (tertiary alicyclic amines) is 2. The van der Waals surface area contributed by atoms with Gasteiger partial charge in [-0.2, -0.15) is 0 Å². The van der Waals surface area contributed by atoms with E-state index in [-0.39, 0.29) is 23.8 Å². The highest BCUT2D eigenvalue weighted by Crippen LogP contribution is 2.36. The molecule has 30 heavy (non-hydrogen) atoms. The van der Waals surface area contributed by atoms with Crippen molar-refractivity contribution in [1.82, 2.24) is 19.4 Å². The van der Waals surface area contributed by atoms with Crippen LogP contribution in [0.3, 0.4) is 0 Å². The summed E-state index contributed by atoms with van der Waals surface area (Å²) in [5, 5.41) is 0. The summed E-state index contributed by atoms with van der Waals surface area (Å²) in [5.74, 6) is 1.92. The number of hydrogen-bond acceptors (Lipinski definition) is 3. The number of fused-ring (bicyclic) bond motifs is 1. The van der Waals surface area contributed by atoms with E-state index >= 15 is 0 Å². The highest BCUT2D eigenvalue weighted by atomic mass is 16.2. The lowest BCUT2D eigenvalue weighted by atomic mass is 10.1. The van der Waals surface area contributed by atoms with Crippen LogP contribution < -0.4 is 0 Å². The van der Waals surface area contributed by atoms with E-state index in [4.69, 9.17) is 4.98 Å². The van der Waals surface area contributed by atoms with Crippen LogP contribution >= 0.6 is 0 Å². The van der Waals surface area contributed by atoms with Gasteiger partial charge < -0.3 is 14.4 Å². The maximum atomic E-state index is 13.5. The fourth-order valence-corrected chi connectivity index (χ4v) is 4.99. The molecule has 0 unspecified atom stereocenters. The van der Waals surface area contributed by atoms with E-state index in [9.17, 15) is 9.59 Å². The molecule has 2 fully saturated rings. The summed E-state index contributed by atoms with van der Waals surface area (Å²) in [7, 11) is 0. The Labute approximate surface area is 179 Å². The zero-order chi connectivity index (χ0) is 21.4. The number of aromatic nitrogens is 2. The van der Waals surface area contributed by atoms with Crippen molar-refractivity contribution in [2.75, 3.05) is 19.6 Å². The molecular formula is C24H34N4O2. The second-order valence-corrected chi connectivity index (χ2v) is 9.75. The molecule has 162 valence electrons. The minimum Gasteiger partial charge on any atom is -0.342 e. The Hall–Kier alpha value is -2.37. The Morgan fingerprint density at radius 3 is 2.60 bits per heavy atom. The average molecular weight is 411 g/mol. The van der Waals surface area contributed by atoms with Crippen LogP contribution in [-0.4, -0.2) is 50.8 Å². The first-order valence-electron chi connectivity index (χ1n) is 11.4. The predicted molar refractivity (Wildman–Crippen MR) is 118 cm³/mol. The molecule has 2 saturated heterocycles. The van der Waals surface area contributed by atoms with E-state index < -0.39 is 0 Å². The van der Waals surface area contributed by atoms with Crippen molar-refractivity contribution in [3.05, 3.63) is 30.1 Å². The summed E-state index contributed by atoms with van der Waals surface area (Å²) in [6.45, 7) is 11.6. The standard InChI is InChI=1S/C24H34N4O2/c1-16(2)13-26-15-18(12-22(26)29)24(30)27-11-7-10-21(27)23-25-19-8-5-6-9-20(19)28(23)14-17(3)4/h5-6,8-9,16-18,21H,7,10-15H2,1-4H3/t18-,21+/m1/s1. The molecule has 2 amide bonds. The van der Waals surface area contributed by atoms with Crippen molar-refractivity contribution < 1.29 is 9.59 Å². The van der Waals surface area contributed by atoms with E-state index in [1.165, 1.54) is 0 Å². The van der Waals surface area contributed by atoms with Crippen LogP contribution in [0.1, 0.15) is 58.8 Å². The number of nitrogens with zero attached hydrogens (tertiary/aromatic N) is 4. The maximum absolute atomic E-state index is 13.5. The molecule has 2 aliphatic heterocycles. The first-order valence-corrected chi connectivity index (χ1v) is 11.4. The molecule has 6 heteroatoms. The molecule has 0 bridgehead atoms. The lowest BCUT2D eigenvalue weighted by Gasteiger charge is -2.28. The number of carbonyl (C=O) groups is 2. The molecule has 6 nitrogen and oxygen atoms in total. The minimum atomic E-state index is -0.222. The number of amides is 2. The molecule has 2 atom stereocenters. The van der Waals surface area contributed by atoms with Crippen LogP contribution in [0, 0.1) is 17.8 Å². The van der Waals surface area contributed by atoms with Crippen LogP contribution in [0.2, 0.25) is 0 Å². The van der Waals surface area contributed by atoms with Crippen LogP contribution in [-0.2, 0) is 16.1 Å². The van der Waals surface area contributed by atoms with Gasteiger partial charge in [0.25, 0.3) is 0 Å². The average Bonchev–Trinajstić information content (AvgIpc) is 3.39. The van der Waals surface area contributed by atoms with Gasteiger partial charge in [-0.05, 0) is 36.8 Å². The number of benzene rings is 1. The van der Waals surface area contributed by atoms with Crippen molar-refractivity contribution in [2.45, 2.75) is 59.5 Å². The first kappa shape index (κ1) is 20.9. The Bertz CT molecular complexity index is 932. The van der Waals surface area contributed by atoms with Crippen molar-refractivity contribution >= 4 is 22.8 Å². The monoisotopic (exact) mass is 410 g/mol. The topological polar surface area (TPSA) is 58.4 Å². The number of para-hydroxylation sites is 2. The van der Waals surface area contributed by atoms with Crippen molar-refractivity contribution in [3.8, 4) is 0 Å². The molecule has 0 spiro atoms. The highest BCUT2D eigenvalue weighted by molar-refractivity contribution is 5.89. The molecular weight excluding hydrogens is 376 g/mol. The van der Waals surface area contributed by atoms with Gasteiger partial charge in [0.1, 0.15) is 5.82 Å². The molecule has 2 aromatic rings. The van der Waals surface area contributed by atoms with Gasteiger partial charge in [-0.25, -0.2) is 4.98 Å². The lowest BCUT2D eigenvalue weighted by molar-refractivity contribution is -0.137. The van der Waals surface area contributed by atoms with Gasteiger partial charge in [0.2, 0.25) is 11.8 Å². The third-order valence-electron chi connectivity index (χ3n) is 6.21. The molecule has 1 aromatic heterocycles. The summed E-state index contributed by atoms with van der Waals surface area (Å²) < 4.78 is 2.31. The summed E-state index contributed by atoms with van der Waals surface area (Å²) in [4.78, 5) is 34.7. The Kier molecular flexibility index (Phi) is 5.85.